The summed E-state index contributed by atoms with van der Waals surface area (Å²) in [7, 11) is 1.29. The molecule has 2 unspecified atom stereocenters. The topological polar surface area (TPSA) is 127 Å². The SMILES string of the molecule is CC(C(=O)O)C(C)C(=O)O.COC(=O)[C@H](N)c1ccccc1Cl. The van der Waals surface area contributed by atoms with Crippen LogP contribution in [0.1, 0.15) is 25.5 Å². The van der Waals surface area contributed by atoms with Crippen LogP contribution in [-0.2, 0) is 19.1 Å². The first-order valence-corrected chi connectivity index (χ1v) is 7.04. The highest BCUT2D eigenvalue weighted by Gasteiger charge is 2.24. The molecule has 23 heavy (non-hydrogen) atoms. The number of rotatable bonds is 5. The van der Waals surface area contributed by atoms with Gasteiger partial charge in [0.2, 0.25) is 0 Å². The molecule has 0 fully saturated rings. The van der Waals surface area contributed by atoms with Gasteiger partial charge in [0.15, 0.2) is 0 Å². The quantitative estimate of drug-likeness (QED) is 0.696. The number of carboxylic acids is 2. The maximum absolute atomic E-state index is 11.1. The summed E-state index contributed by atoms with van der Waals surface area (Å²) in [5, 5.41) is 17.1. The van der Waals surface area contributed by atoms with Crippen molar-refractivity contribution in [2.45, 2.75) is 19.9 Å². The predicted molar refractivity (Wildman–Crippen MR) is 84.0 cm³/mol. The highest BCUT2D eigenvalue weighted by atomic mass is 35.5. The number of benzene rings is 1. The summed E-state index contributed by atoms with van der Waals surface area (Å²) in [6.07, 6.45) is 0. The summed E-state index contributed by atoms with van der Waals surface area (Å²) in [4.78, 5) is 31.4. The number of hydrogen-bond acceptors (Lipinski definition) is 5. The first-order chi connectivity index (χ1) is 10.6. The molecule has 0 amide bonds. The molecule has 0 aliphatic heterocycles. The van der Waals surface area contributed by atoms with Crippen LogP contribution in [-0.4, -0.2) is 35.2 Å². The molecule has 3 atom stereocenters. The van der Waals surface area contributed by atoms with E-state index in [4.69, 9.17) is 27.5 Å². The lowest BCUT2D eigenvalue weighted by Crippen LogP contribution is -2.24. The van der Waals surface area contributed by atoms with Crippen molar-refractivity contribution in [3.8, 4) is 0 Å². The van der Waals surface area contributed by atoms with Crippen LogP contribution in [0.15, 0.2) is 24.3 Å². The van der Waals surface area contributed by atoms with Gasteiger partial charge >= 0.3 is 17.9 Å². The fourth-order valence-corrected chi connectivity index (χ4v) is 1.66. The van der Waals surface area contributed by atoms with Crippen molar-refractivity contribution in [3.63, 3.8) is 0 Å². The van der Waals surface area contributed by atoms with E-state index in [0.29, 0.717) is 10.6 Å². The monoisotopic (exact) mass is 345 g/mol. The summed E-state index contributed by atoms with van der Waals surface area (Å²) in [6, 6.07) is 6.11. The molecule has 0 aliphatic carbocycles. The van der Waals surface area contributed by atoms with E-state index in [2.05, 4.69) is 4.74 Å². The molecule has 0 bridgehead atoms. The van der Waals surface area contributed by atoms with E-state index in [1.807, 2.05) is 0 Å². The molecule has 128 valence electrons. The Balaban J connectivity index is 0.000000438. The Labute approximate surface area is 139 Å². The van der Waals surface area contributed by atoms with Crippen molar-refractivity contribution < 1.29 is 29.3 Å². The third kappa shape index (κ3) is 6.66. The second-order valence-electron chi connectivity index (χ2n) is 4.78. The minimum atomic E-state index is -1.07. The minimum absolute atomic E-state index is 0.473. The third-order valence-electron chi connectivity index (χ3n) is 3.22. The molecule has 1 aromatic rings. The molecule has 1 aromatic carbocycles. The number of ether oxygens (including phenoxy) is 1. The molecule has 0 spiro atoms. The summed E-state index contributed by atoms with van der Waals surface area (Å²) in [6.45, 7) is 2.75. The largest absolute Gasteiger partial charge is 0.481 e. The van der Waals surface area contributed by atoms with Gasteiger partial charge in [-0.3, -0.25) is 14.4 Å². The number of hydrogen-bond donors (Lipinski definition) is 3. The van der Waals surface area contributed by atoms with Crippen LogP contribution in [0.4, 0.5) is 0 Å². The van der Waals surface area contributed by atoms with E-state index in [-0.39, 0.29) is 0 Å². The minimum Gasteiger partial charge on any atom is -0.481 e. The van der Waals surface area contributed by atoms with E-state index in [1.54, 1.807) is 24.3 Å². The lowest BCUT2D eigenvalue weighted by molar-refractivity contribution is -0.152. The highest BCUT2D eigenvalue weighted by molar-refractivity contribution is 6.31. The van der Waals surface area contributed by atoms with E-state index < -0.39 is 35.8 Å². The molecule has 0 radical (unpaired) electrons. The van der Waals surface area contributed by atoms with Gasteiger partial charge in [-0.2, -0.15) is 0 Å². The van der Waals surface area contributed by atoms with Crippen molar-refractivity contribution in [1.82, 2.24) is 0 Å². The van der Waals surface area contributed by atoms with Crippen LogP contribution >= 0.6 is 11.6 Å². The maximum atomic E-state index is 11.1. The first kappa shape index (κ1) is 20.9. The predicted octanol–water partition coefficient (Wildman–Crippen LogP) is 1.94. The first-order valence-electron chi connectivity index (χ1n) is 6.66. The smallest absolute Gasteiger partial charge is 0.327 e. The second kappa shape index (κ2) is 9.81. The molecule has 0 aromatic heterocycles. The number of halogens is 1. The summed E-state index contributed by atoms with van der Waals surface area (Å²) >= 11 is 5.83. The van der Waals surface area contributed by atoms with Crippen LogP contribution in [0, 0.1) is 11.8 Å². The van der Waals surface area contributed by atoms with Crippen molar-refractivity contribution in [2.24, 2.45) is 17.6 Å². The van der Waals surface area contributed by atoms with Gasteiger partial charge in [-0.05, 0) is 11.6 Å². The summed E-state index contributed by atoms with van der Waals surface area (Å²) < 4.78 is 4.50. The van der Waals surface area contributed by atoms with Crippen LogP contribution < -0.4 is 5.73 Å². The van der Waals surface area contributed by atoms with Crippen LogP contribution in [0.5, 0.6) is 0 Å². The summed E-state index contributed by atoms with van der Waals surface area (Å²) in [5.41, 5.74) is 6.17. The Morgan fingerprint density at radius 1 is 1.09 bits per heavy atom. The molecule has 0 heterocycles. The molecular weight excluding hydrogens is 326 g/mol. The Morgan fingerprint density at radius 2 is 1.52 bits per heavy atom. The molecule has 1 rings (SSSR count). The molecule has 4 N–H and O–H groups in total. The van der Waals surface area contributed by atoms with E-state index in [0.717, 1.165) is 0 Å². The number of carbonyl (C=O) groups excluding carboxylic acids is 1. The normalized spacial score (nSPS) is 13.8. The van der Waals surface area contributed by atoms with Gasteiger partial charge in [0.05, 0.1) is 18.9 Å². The Hall–Kier alpha value is -2.12. The number of methoxy groups -OCH3 is 1. The molecular formula is C15H20ClNO6. The number of carbonyl (C=O) groups is 3. The number of nitrogens with two attached hydrogens (primary N) is 1. The van der Waals surface area contributed by atoms with E-state index in [9.17, 15) is 14.4 Å². The van der Waals surface area contributed by atoms with Crippen LogP contribution in [0.2, 0.25) is 5.02 Å². The van der Waals surface area contributed by atoms with Gasteiger partial charge in [-0.25, -0.2) is 0 Å². The number of aliphatic carboxylic acids is 2. The molecule has 0 saturated carbocycles. The third-order valence-corrected chi connectivity index (χ3v) is 3.57. The molecule has 7 nitrogen and oxygen atoms in total. The zero-order valence-corrected chi connectivity index (χ0v) is 13.8. The lowest BCUT2D eigenvalue weighted by Gasteiger charge is -2.10. The number of esters is 1. The van der Waals surface area contributed by atoms with Gasteiger partial charge in [0.1, 0.15) is 6.04 Å². The fourth-order valence-electron chi connectivity index (χ4n) is 1.41. The zero-order chi connectivity index (χ0) is 18.2. The fraction of sp³-hybridized carbons (Fsp3) is 0.400. The van der Waals surface area contributed by atoms with Gasteiger partial charge in [-0.15, -0.1) is 0 Å². The molecule has 8 heteroatoms. The second-order valence-corrected chi connectivity index (χ2v) is 5.18. The van der Waals surface area contributed by atoms with E-state index in [1.165, 1.54) is 21.0 Å². The molecule has 0 saturated heterocycles. The highest BCUT2D eigenvalue weighted by Crippen LogP contribution is 2.21. The average molecular weight is 346 g/mol. The van der Waals surface area contributed by atoms with Crippen molar-refractivity contribution in [3.05, 3.63) is 34.9 Å². The lowest BCUT2D eigenvalue weighted by atomic mass is 9.97. The van der Waals surface area contributed by atoms with Gasteiger partial charge in [-0.1, -0.05) is 43.6 Å². The Morgan fingerprint density at radius 3 is 1.87 bits per heavy atom. The average Bonchev–Trinajstić information content (AvgIpc) is 2.52. The van der Waals surface area contributed by atoms with Crippen molar-refractivity contribution in [2.75, 3.05) is 7.11 Å². The van der Waals surface area contributed by atoms with Crippen LogP contribution in [0.25, 0.3) is 0 Å². The van der Waals surface area contributed by atoms with Gasteiger partial charge in [0.25, 0.3) is 0 Å². The summed E-state index contributed by atoms with van der Waals surface area (Å²) in [5.74, 6) is -4.28. The number of carboxylic acid groups (broad SMARTS) is 2. The molecule has 0 aliphatic rings. The standard InChI is InChI=1S/C9H10ClNO2.C6H10O4/c1-13-9(12)8(11)6-4-2-3-5-7(6)10;1-3(5(7)8)4(2)6(9)10/h2-5,8H,11H2,1H3;3-4H,1-2H3,(H,7,8)(H,9,10)/t8-;/m1./s1. The zero-order valence-electron chi connectivity index (χ0n) is 13.0. The van der Waals surface area contributed by atoms with E-state index >= 15 is 0 Å². The maximum Gasteiger partial charge on any atom is 0.327 e. The van der Waals surface area contributed by atoms with Crippen LogP contribution in [0.3, 0.4) is 0 Å². The Kier molecular flexibility index (Phi) is 8.90. The van der Waals surface area contributed by atoms with Crippen molar-refractivity contribution in [1.29, 1.82) is 0 Å². The van der Waals surface area contributed by atoms with Crippen molar-refractivity contribution >= 4 is 29.5 Å². The Bertz CT molecular complexity index is 545. The van der Waals surface area contributed by atoms with Gasteiger partial charge in [0, 0.05) is 5.02 Å². The van der Waals surface area contributed by atoms with Gasteiger partial charge < -0.3 is 20.7 Å².